The predicted molar refractivity (Wildman–Crippen MR) is 100 cm³/mol. The van der Waals surface area contributed by atoms with Crippen molar-refractivity contribution in [2.45, 2.75) is 58.8 Å². The molecule has 2 N–H and O–H groups in total. The zero-order chi connectivity index (χ0) is 17.9. The number of benzene rings is 1. The number of carbonyl (C=O) groups is 2. The second kappa shape index (κ2) is 7.42. The number of nitrogens with one attached hydrogen (secondary N) is 2. The summed E-state index contributed by atoms with van der Waals surface area (Å²) in [5.74, 6) is -0.296. The normalized spacial score (nSPS) is 18.2. The van der Waals surface area contributed by atoms with Gasteiger partial charge in [-0.3, -0.25) is 9.59 Å². The molecule has 3 rings (SSSR count). The summed E-state index contributed by atoms with van der Waals surface area (Å²) in [5.41, 5.74) is 3.66. The van der Waals surface area contributed by atoms with Gasteiger partial charge in [-0.15, -0.1) is 0 Å². The number of anilines is 1. The maximum Gasteiger partial charge on any atom is 0.240 e. The number of carbonyl (C=O) groups excluding carboxylic acids is 2. The van der Waals surface area contributed by atoms with Crippen LogP contribution < -0.4 is 10.6 Å². The van der Waals surface area contributed by atoms with E-state index in [0.717, 1.165) is 30.5 Å². The molecule has 0 heterocycles. The van der Waals surface area contributed by atoms with Crippen LogP contribution in [0.4, 0.5) is 5.69 Å². The molecule has 1 aromatic carbocycles. The molecule has 2 aliphatic carbocycles. The lowest BCUT2D eigenvalue weighted by Crippen LogP contribution is -2.40. The Morgan fingerprint density at radius 3 is 2.52 bits per heavy atom. The fourth-order valence-corrected chi connectivity index (χ4v) is 3.39. The highest BCUT2D eigenvalue weighted by molar-refractivity contribution is 6.13. The Morgan fingerprint density at radius 2 is 1.88 bits per heavy atom. The number of amides is 2. The van der Waals surface area contributed by atoms with E-state index in [-0.39, 0.29) is 11.8 Å². The summed E-state index contributed by atoms with van der Waals surface area (Å²) in [7, 11) is 0. The van der Waals surface area contributed by atoms with Crippen LogP contribution in [0, 0.1) is 19.3 Å². The number of rotatable bonds is 6. The molecule has 0 spiro atoms. The van der Waals surface area contributed by atoms with E-state index < -0.39 is 5.41 Å². The highest BCUT2D eigenvalue weighted by Crippen LogP contribution is 2.46. The van der Waals surface area contributed by atoms with Crippen molar-refractivity contribution < 1.29 is 9.59 Å². The first kappa shape index (κ1) is 17.7. The van der Waals surface area contributed by atoms with Crippen LogP contribution in [0.15, 0.2) is 29.8 Å². The third kappa shape index (κ3) is 4.12. The molecule has 4 heteroatoms. The standard InChI is InChI=1S/C21H28N2O2/c1-15-8-9-18(14-16(15)2)23-20(25)21(11-12-21)19(24)22-13-10-17-6-4-3-5-7-17/h6,8-9,14H,3-5,7,10-13H2,1-2H3,(H,22,24)(H,23,25). The molecule has 0 aliphatic heterocycles. The third-order valence-electron chi connectivity index (χ3n) is 5.50. The van der Waals surface area contributed by atoms with Crippen LogP contribution in [0.1, 0.15) is 56.1 Å². The van der Waals surface area contributed by atoms with E-state index in [1.807, 2.05) is 32.0 Å². The van der Waals surface area contributed by atoms with Crippen LogP contribution in [-0.4, -0.2) is 18.4 Å². The number of aryl methyl sites for hydroxylation is 2. The van der Waals surface area contributed by atoms with Gasteiger partial charge < -0.3 is 10.6 Å². The van der Waals surface area contributed by atoms with Gasteiger partial charge in [0, 0.05) is 12.2 Å². The van der Waals surface area contributed by atoms with Crippen molar-refractivity contribution >= 4 is 17.5 Å². The highest BCUT2D eigenvalue weighted by Gasteiger charge is 2.56. The Bertz CT molecular complexity index is 702. The van der Waals surface area contributed by atoms with Crippen LogP contribution in [0.3, 0.4) is 0 Å². The minimum atomic E-state index is -0.861. The molecule has 4 nitrogen and oxygen atoms in total. The second-order valence-electron chi connectivity index (χ2n) is 7.45. The summed E-state index contributed by atoms with van der Waals surface area (Å²) in [6.07, 6.45) is 9.31. The Morgan fingerprint density at radius 1 is 1.08 bits per heavy atom. The fraction of sp³-hybridized carbons (Fsp3) is 0.524. The van der Waals surface area contributed by atoms with Crippen molar-refractivity contribution in [3.63, 3.8) is 0 Å². The molecule has 0 aromatic heterocycles. The molecule has 1 aromatic rings. The average molecular weight is 340 g/mol. The van der Waals surface area contributed by atoms with E-state index >= 15 is 0 Å². The zero-order valence-corrected chi connectivity index (χ0v) is 15.3. The first-order chi connectivity index (χ1) is 12.0. The quantitative estimate of drug-likeness (QED) is 0.607. The summed E-state index contributed by atoms with van der Waals surface area (Å²) in [5, 5.41) is 5.90. The summed E-state index contributed by atoms with van der Waals surface area (Å²) >= 11 is 0. The molecule has 0 radical (unpaired) electrons. The van der Waals surface area contributed by atoms with Crippen LogP contribution in [0.2, 0.25) is 0 Å². The molecule has 0 bridgehead atoms. The van der Waals surface area contributed by atoms with Gasteiger partial charge in [0.1, 0.15) is 5.41 Å². The number of hydrogen-bond acceptors (Lipinski definition) is 2. The fourth-order valence-electron chi connectivity index (χ4n) is 3.39. The monoisotopic (exact) mass is 340 g/mol. The summed E-state index contributed by atoms with van der Waals surface area (Å²) in [6, 6.07) is 5.84. The van der Waals surface area contributed by atoms with Crippen molar-refractivity contribution in [2.24, 2.45) is 5.41 Å². The topological polar surface area (TPSA) is 58.2 Å². The van der Waals surface area contributed by atoms with Crippen molar-refractivity contribution in [1.82, 2.24) is 5.32 Å². The number of allylic oxidation sites excluding steroid dienone is 1. The SMILES string of the molecule is Cc1ccc(NC(=O)C2(C(=O)NCCC3=CCCCC3)CC2)cc1C. The summed E-state index contributed by atoms with van der Waals surface area (Å²) < 4.78 is 0. The predicted octanol–water partition coefficient (Wildman–Crippen LogP) is 4.03. The molecule has 134 valence electrons. The van der Waals surface area contributed by atoms with Gasteiger partial charge in [-0.1, -0.05) is 17.7 Å². The van der Waals surface area contributed by atoms with Crippen molar-refractivity contribution in [2.75, 3.05) is 11.9 Å². The lowest BCUT2D eigenvalue weighted by Gasteiger charge is -2.17. The average Bonchev–Trinajstić information content (AvgIpc) is 3.41. The summed E-state index contributed by atoms with van der Waals surface area (Å²) in [4.78, 5) is 25.1. The molecule has 2 aliphatic rings. The Hall–Kier alpha value is -2.10. The third-order valence-corrected chi connectivity index (χ3v) is 5.50. The van der Waals surface area contributed by atoms with Gasteiger partial charge in [0.15, 0.2) is 0 Å². The molecule has 1 fully saturated rings. The second-order valence-corrected chi connectivity index (χ2v) is 7.45. The van der Waals surface area contributed by atoms with E-state index in [1.54, 1.807) is 0 Å². The molecular weight excluding hydrogens is 312 g/mol. The zero-order valence-electron chi connectivity index (χ0n) is 15.3. The molecule has 0 saturated heterocycles. The lowest BCUT2D eigenvalue weighted by molar-refractivity contribution is -0.134. The van der Waals surface area contributed by atoms with Gasteiger partial charge in [0.2, 0.25) is 11.8 Å². The van der Waals surface area contributed by atoms with Crippen LogP contribution in [0.5, 0.6) is 0 Å². The van der Waals surface area contributed by atoms with Crippen LogP contribution >= 0.6 is 0 Å². The van der Waals surface area contributed by atoms with Gasteiger partial charge in [-0.25, -0.2) is 0 Å². The highest BCUT2D eigenvalue weighted by atomic mass is 16.2. The van der Waals surface area contributed by atoms with Gasteiger partial charge in [-0.2, -0.15) is 0 Å². The molecule has 25 heavy (non-hydrogen) atoms. The molecule has 2 amide bonds. The number of hydrogen-bond donors (Lipinski definition) is 2. The van der Waals surface area contributed by atoms with E-state index in [2.05, 4.69) is 16.7 Å². The van der Waals surface area contributed by atoms with Crippen LogP contribution in [-0.2, 0) is 9.59 Å². The molecular formula is C21H28N2O2. The van der Waals surface area contributed by atoms with Gasteiger partial charge >= 0.3 is 0 Å². The van der Waals surface area contributed by atoms with Crippen LogP contribution in [0.25, 0.3) is 0 Å². The maximum atomic E-state index is 12.6. The van der Waals surface area contributed by atoms with Crippen molar-refractivity contribution in [1.29, 1.82) is 0 Å². The van der Waals surface area contributed by atoms with E-state index in [9.17, 15) is 9.59 Å². The maximum absolute atomic E-state index is 12.6. The lowest BCUT2D eigenvalue weighted by atomic mass is 9.97. The minimum Gasteiger partial charge on any atom is -0.355 e. The Kier molecular flexibility index (Phi) is 5.26. The molecule has 0 atom stereocenters. The van der Waals surface area contributed by atoms with E-state index in [1.165, 1.54) is 24.0 Å². The van der Waals surface area contributed by atoms with Crippen molar-refractivity contribution in [3.05, 3.63) is 41.0 Å². The van der Waals surface area contributed by atoms with E-state index in [4.69, 9.17) is 0 Å². The summed E-state index contributed by atoms with van der Waals surface area (Å²) in [6.45, 7) is 4.69. The van der Waals surface area contributed by atoms with Gasteiger partial charge in [0.25, 0.3) is 0 Å². The Balaban J connectivity index is 1.53. The van der Waals surface area contributed by atoms with Crippen molar-refractivity contribution in [3.8, 4) is 0 Å². The molecule has 0 unspecified atom stereocenters. The largest absolute Gasteiger partial charge is 0.355 e. The first-order valence-electron chi connectivity index (χ1n) is 9.36. The van der Waals surface area contributed by atoms with Gasteiger partial charge in [0.05, 0.1) is 0 Å². The van der Waals surface area contributed by atoms with E-state index in [0.29, 0.717) is 19.4 Å². The smallest absolute Gasteiger partial charge is 0.240 e. The first-order valence-corrected chi connectivity index (χ1v) is 9.36. The van der Waals surface area contributed by atoms with Gasteiger partial charge in [-0.05, 0) is 82.1 Å². The Labute approximate surface area is 150 Å². The molecule has 1 saturated carbocycles. The minimum absolute atomic E-state index is 0.120.